The van der Waals surface area contributed by atoms with Gasteiger partial charge in [-0.05, 0) is 49.2 Å². The van der Waals surface area contributed by atoms with Crippen LogP contribution in [0, 0.1) is 0 Å². The summed E-state index contributed by atoms with van der Waals surface area (Å²) in [6.45, 7) is 3.06. The van der Waals surface area contributed by atoms with Crippen molar-refractivity contribution in [1.82, 2.24) is 15.5 Å². The molecule has 1 aromatic heterocycles. The van der Waals surface area contributed by atoms with Crippen LogP contribution in [-0.4, -0.2) is 41.8 Å². The molecule has 0 bridgehead atoms. The van der Waals surface area contributed by atoms with E-state index in [9.17, 15) is 9.59 Å². The summed E-state index contributed by atoms with van der Waals surface area (Å²) in [6.07, 6.45) is 0.708. The van der Waals surface area contributed by atoms with Crippen LogP contribution < -0.4 is 15.4 Å². The van der Waals surface area contributed by atoms with Crippen molar-refractivity contribution in [1.29, 1.82) is 0 Å². The van der Waals surface area contributed by atoms with Gasteiger partial charge in [0.2, 0.25) is 10.9 Å². The lowest BCUT2D eigenvalue weighted by Gasteiger charge is -2.07. The average molecular weight is 475 g/mol. The van der Waals surface area contributed by atoms with Gasteiger partial charge in [-0.15, -0.1) is 10.2 Å². The van der Waals surface area contributed by atoms with Crippen molar-refractivity contribution in [3.63, 3.8) is 0 Å². The topological polar surface area (TPSA) is 102 Å². The quantitative estimate of drug-likeness (QED) is 0.439. The van der Waals surface area contributed by atoms with Crippen LogP contribution in [0.4, 0.5) is 5.69 Å². The lowest BCUT2D eigenvalue weighted by Crippen LogP contribution is -2.29. The molecule has 3 rings (SSSR count). The third-order valence-corrected chi connectivity index (χ3v) is 5.30. The molecule has 32 heavy (non-hydrogen) atoms. The summed E-state index contributed by atoms with van der Waals surface area (Å²) in [7, 11) is 0. The van der Waals surface area contributed by atoms with Crippen LogP contribution in [0.5, 0.6) is 5.75 Å². The smallest absolute Gasteiger partial charge is 0.286 e. The molecule has 0 unspecified atom stereocenters. The van der Waals surface area contributed by atoms with E-state index in [0.717, 1.165) is 22.6 Å². The first-order valence-electron chi connectivity index (χ1n) is 9.99. The van der Waals surface area contributed by atoms with Crippen LogP contribution in [0.15, 0.2) is 48.5 Å². The van der Waals surface area contributed by atoms with Crippen molar-refractivity contribution >= 4 is 40.4 Å². The first kappa shape index (κ1) is 23.6. The van der Waals surface area contributed by atoms with Gasteiger partial charge in [0.15, 0.2) is 0 Å². The van der Waals surface area contributed by atoms with E-state index < -0.39 is 0 Å². The summed E-state index contributed by atoms with van der Waals surface area (Å²) in [6, 6.07) is 14.6. The van der Waals surface area contributed by atoms with E-state index in [1.807, 2.05) is 31.2 Å². The largest absolute Gasteiger partial charge is 0.494 e. The van der Waals surface area contributed by atoms with Gasteiger partial charge in [-0.2, -0.15) is 0 Å². The third-order valence-electron chi connectivity index (χ3n) is 4.17. The number of benzene rings is 2. The summed E-state index contributed by atoms with van der Waals surface area (Å²) < 4.78 is 10.8. The van der Waals surface area contributed by atoms with Crippen LogP contribution in [0.2, 0.25) is 5.02 Å². The van der Waals surface area contributed by atoms with Gasteiger partial charge >= 0.3 is 0 Å². The highest BCUT2D eigenvalue weighted by molar-refractivity contribution is 7.13. The Labute approximate surface area is 194 Å². The SMILES string of the molecule is CCOc1ccc(CCNC(=O)COCc2nnc(C(=O)Nc3cccc(Cl)c3)s2)cc1. The van der Waals surface area contributed by atoms with Crippen molar-refractivity contribution in [3.05, 3.63) is 69.1 Å². The van der Waals surface area contributed by atoms with Crippen molar-refractivity contribution in [2.45, 2.75) is 20.0 Å². The number of hydrogen-bond acceptors (Lipinski definition) is 7. The molecule has 0 fully saturated rings. The van der Waals surface area contributed by atoms with Crippen LogP contribution in [-0.2, 0) is 22.6 Å². The highest BCUT2D eigenvalue weighted by Gasteiger charge is 2.14. The maximum Gasteiger partial charge on any atom is 0.286 e. The van der Waals surface area contributed by atoms with E-state index in [-0.39, 0.29) is 30.0 Å². The summed E-state index contributed by atoms with van der Waals surface area (Å²) in [5, 5.41) is 14.5. The first-order chi connectivity index (χ1) is 15.5. The highest BCUT2D eigenvalue weighted by Crippen LogP contribution is 2.17. The van der Waals surface area contributed by atoms with E-state index in [1.165, 1.54) is 0 Å². The van der Waals surface area contributed by atoms with E-state index >= 15 is 0 Å². The maximum absolute atomic E-state index is 12.2. The van der Waals surface area contributed by atoms with Gasteiger partial charge < -0.3 is 20.1 Å². The molecule has 2 N–H and O–H groups in total. The third kappa shape index (κ3) is 7.60. The minimum Gasteiger partial charge on any atom is -0.494 e. The number of halogens is 1. The minimum atomic E-state index is -0.386. The number of amides is 2. The Hall–Kier alpha value is -3.01. The molecule has 0 atom stereocenters. The molecule has 1 heterocycles. The number of carbonyl (C=O) groups is 2. The summed E-state index contributed by atoms with van der Waals surface area (Å²) in [4.78, 5) is 24.2. The Bertz CT molecular complexity index is 1040. The van der Waals surface area contributed by atoms with Crippen LogP contribution >= 0.6 is 22.9 Å². The van der Waals surface area contributed by atoms with Crippen molar-refractivity contribution in [2.75, 3.05) is 25.1 Å². The number of anilines is 1. The molecule has 8 nitrogen and oxygen atoms in total. The second-order valence-corrected chi connectivity index (χ2v) is 8.13. The Morgan fingerprint density at radius 3 is 2.69 bits per heavy atom. The van der Waals surface area contributed by atoms with Crippen LogP contribution in [0.1, 0.15) is 27.3 Å². The van der Waals surface area contributed by atoms with Gasteiger partial charge in [-0.3, -0.25) is 9.59 Å². The predicted molar refractivity (Wildman–Crippen MR) is 123 cm³/mol. The van der Waals surface area contributed by atoms with Gasteiger partial charge in [0, 0.05) is 17.3 Å². The summed E-state index contributed by atoms with van der Waals surface area (Å²) in [5.74, 6) is 0.220. The molecule has 2 aromatic carbocycles. The molecule has 0 spiro atoms. The molecule has 168 valence electrons. The Kier molecular flexibility index (Phi) is 8.97. The Morgan fingerprint density at radius 2 is 1.94 bits per heavy atom. The lowest BCUT2D eigenvalue weighted by atomic mass is 10.1. The molecular weight excluding hydrogens is 452 g/mol. The predicted octanol–water partition coefficient (Wildman–Crippen LogP) is 3.72. The molecule has 0 aliphatic rings. The molecule has 0 aliphatic carbocycles. The van der Waals surface area contributed by atoms with Gasteiger partial charge in [-0.1, -0.05) is 41.1 Å². The standard InChI is InChI=1S/C22H23ClN4O4S/c1-2-31-18-8-6-15(7-9-18)10-11-24-19(28)13-30-14-20-26-27-22(32-20)21(29)25-17-5-3-4-16(23)12-17/h3-9,12H,2,10-11,13-14H2,1H3,(H,24,28)(H,25,29). The molecule has 10 heteroatoms. The molecule has 3 aromatic rings. The average Bonchev–Trinajstić information content (AvgIpc) is 3.24. The summed E-state index contributed by atoms with van der Waals surface area (Å²) in [5.41, 5.74) is 1.67. The molecule has 0 saturated carbocycles. The lowest BCUT2D eigenvalue weighted by molar-refractivity contribution is -0.126. The number of ether oxygens (including phenoxy) is 2. The maximum atomic E-state index is 12.2. The van der Waals surface area contributed by atoms with Crippen molar-refractivity contribution in [2.24, 2.45) is 0 Å². The van der Waals surface area contributed by atoms with Crippen LogP contribution in [0.25, 0.3) is 0 Å². The number of nitrogens with zero attached hydrogens (tertiary/aromatic N) is 2. The fraction of sp³-hybridized carbons (Fsp3) is 0.273. The van der Waals surface area contributed by atoms with E-state index in [4.69, 9.17) is 21.1 Å². The van der Waals surface area contributed by atoms with Gasteiger partial charge in [0.05, 0.1) is 6.61 Å². The number of carbonyl (C=O) groups excluding carboxylic acids is 2. The zero-order chi connectivity index (χ0) is 22.8. The normalized spacial score (nSPS) is 10.6. The zero-order valence-corrected chi connectivity index (χ0v) is 19.0. The number of nitrogens with one attached hydrogen (secondary N) is 2. The molecule has 0 saturated heterocycles. The second kappa shape index (κ2) is 12.1. The summed E-state index contributed by atoms with van der Waals surface area (Å²) >= 11 is 7.01. The highest BCUT2D eigenvalue weighted by atomic mass is 35.5. The van der Waals surface area contributed by atoms with E-state index in [2.05, 4.69) is 20.8 Å². The number of aromatic nitrogens is 2. The van der Waals surface area contributed by atoms with Crippen LogP contribution in [0.3, 0.4) is 0 Å². The first-order valence-corrected chi connectivity index (χ1v) is 11.2. The van der Waals surface area contributed by atoms with E-state index in [1.54, 1.807) is 24.3 Å². The fourth-order valence-electron chi connectivity index (χ4n) is 2.70. The van der Waals surface area contributed by atoms with Crippen molar-refractivity contribution < 1.29 is 19.1 Å². The number of hydrogen-bond donors (Lipinski definition) is 2. The fourth-order valence-corrected chi connectivity index (χ4v) is 3.56. The monoisotopic (exact) mass is 474 g/mol. The Balaban J connectivity index is 1.35. The van der Waals surface area contributed by atoms with Gasteiger partial charge in [0.1, 0.15) is 24.0 Å². The minimum absolute atomic E-state index is 0.0917. The van der Waals surface area contributed by atoms with Gasteiger partial charge in [-0.25, -0.2) is 0 Å². The molecule has 0 radical (unpaired) electrons. The van der Waals surface area contributed by atoms with Gasteiger partial charge in [0.25, 0.3) is 5.91 Å². The number of rotatable bonds is 11. The Morgan fingerprint density at radius 1 is 1.12 bits per heavy atom. The van der Waals surface area contributed by atoms with E-state index in [0.29, 0.717) is 35.3 Å². The van der Waals surface area contributed by atoms with Crippen molar-refractivity contribution in [3.8, 4) is 5.75 Å². The second-order valence-electron chi connectivity index (χ2n) is 6.64. The molecule has 0 aliphatic heterocycles. The molecular formula is C22H23ClN4O4S. The zero-order valence-electron chi connectivity index (χ0n) is 17.5. The molecule has 2 amide bonds.